The Hall–Kier alpha value is -2.67. The van der Waals surface area contributed by atoms with Crippen LogP contribution in [0.2, 0.25) is 5.15 Å². The maximum absolute atomic E-state index is 14.0. The monoisotopic (exact) mass is 340 g/mol. The standard InChI is InChI=1S/C15H13ClFN3O3/c1-18-14(21)8-7-19-12(16)6-10(8)20-15(22)13-9(17)4-3-5-11(13)23-2/h3-7H,1-2H3,(H,18,21)(H,19,20,22)/i1D3. The van der Waals surface area contributed by atoms with E-state index in [4.69, 9.17) is 20.5 Å². The van der Waals surface area contributed by atoms with E-state index < -0.39 is 24.6 Å². The van der Waals surface area contributed by atoms with Gasteiger partial charge in [0, 0.05) is 17.3 Å². The summed E-state index contributed by atoms with van der Waals surface area (Å²) in [5.41, 5.74) is -0.777. The molecular formula is C15H13ClFN3O3. The van der Waals surface area contributed by atoms with Gasteiger partial charge in [0.05, 0.1) is 18.4 Å². The highest BCUT2D eigenvalue weighted by Crippen LogP contribution is 2.24. The second-order valence-corrected chi connectivity index (χ2v) is 4.67. The van der Waals surface area contributed by atoms with Gasteiger partial charge in [-0.05, 0) is 18.2 Å². The molecule has 2 amide bonds. The molecule has 8 heteroatoms. The molecule has 0 atom stereocenters. The predicted octanol–water partition coefficient (Wildman–Crippen LogP) is 2.49. The number of rotatable bonds is 4. The summed E-state index contributed by atoms with van der Waals surface area (Å²) in [5.74, 6) is -2.78. The number of amides is 2. The first kappa shape index (κ1) is 12.8. The Morgan fingerprint density at radius 2 is 2.17 bits per heavy atom. The topological polar surface area (TPSA) is 80.3 Å². The normalized spacial score (nSPS) is 12.6. The second kappa shape index (κ2) is 7.06. The third-order valence-electron chi connectivity index (χ3n) is 2.90. The van der Waals surface area contributed by atoms with Crippen molar-refractivity contribution in [3.63, 3.8) is 0 Å². The number of aromatic nitrogens is 1. The first-order valence-electron chi connectivity index (χ1n) is 7.74. The van der Waals surface area contributed by atoms with Crippen LogP contribution in [-0.2, 0) is 0 Å². The maximum atomic E-state index is 14.0. The van der Waals surface area contributed by atoms with Crippen LogP contribution in [0.4, 0.5) is 10.1 Å². The lowest BCUT2D eigenvalue weighted by atomic mass is 10.1. The van der Waals surface area contributed by atoms with Gasteiger partial charge in [0.1, 0.15) is 22.3 Å². The average Bonchev–Trinajstić information content (AvgIpc) is 2.52. The van der Waals surface area contributed by atoms with E-state index in [2.05, 4.69) is 10.3 Å². The molecule has 2 aromatic rings. The molecule has 1 aromatic heterocycles. The molecule has 2 rings (SSSR count). The lowest BCUT2D eigenvalue weighted by Gasteiger charge is -2.12. The van der Waals surface area contributed by atoms with Gasteiger partial charge in [-0.3, -0.25) is 9.59 Å². The van der Waals surface area contributed by atoms with Crippen molar-refractivity contribution in [1.29, 1.82) is 0 Å². The van der Waals surface area contributed by atoms with Crippen LogP contribution in [0.1, 0.15) is 24.8 Å². The zero-order valence-corrected chi connectivity index (χ0v) is 12.6. The van der Waals surface area contributed by atoms with Gasteiger partial charge in [-0.15, -0.1) is 0 Å². The van der Waals surface area contributed by atoms with Crippen molar-refractivity contribution in [2.45, 2.75) is 0 Å². The molecule has 0 fully saturated rings. The van der Waals surface area contributed by atoms with Crippen LogP contribution in [-0.4, -0.2) is 30.9 Å². The summed E-state index contributed by atoms with van der Waals surface area (Å²) in [4.78, 5) is 28.2. The molecule has 0 saturated carbocycles. The van der Waals surface area contributed by atoms with Crippen LogP contribution < -0.4 is 15.4 Å². The molecular weight excluding hydrogens is 325 g/mol. The summed E-state index contributed by atoms with van der Waals surface area (Å²) in [6.07, 6.45) is 0.998. The van der Waals surface area contributed by atoms with Crippen molar-refractivity contribution in [2.24, 2.45) is 0 Å². The number of nitrogens with zero attached hydrogens (tertiary/aromatic N) is 1. The number of ether oxygens (including phenoxy) is 1. The highest BCUT2D eigenvalue weighted by atomic mass is 35.5. The summed E-state index contributed by atoms with van der Waals surface area (Å²) < 4.78 is 40.2. The molecule has 6 nitrogen and oxygen atoms in total. The highest BCUT2D eigenvalue weighted by molar-refractivity contribution is 6.30. The first-order chi connectivity index (χ1) is 12.1. The molecule has 23 heavy (non-hydrogen) atoms. The molecule has 0 saturated heterocycles. The zero-order valence-electron chi connectivity index (χ0n) is 14.8. The van der Waals surface area contributed by atoms with Crippen molar-refractivity contribution in [1.82, 2.24) is 10.3 Å². The van der Waals surface area contributed by atoms with Crippen molar-refractivity contribution in [3.8, 4) is 5.75 Å². The smallest absolute Gasteiger partial charge is 0.262 e. The maximum Gasteiger partial charge on any atom is 0.262 e. The van der Waals surface area contributed by atoms with Crippen LogP contribution in [0.15, 0.2) is 30.5 Å². The Balaban J connectivity index is 2.39. The van der Waals surface area contributed by atoms with E-state index >= 15 is 0 Å². The van der Waals surface area contributed by atoms with Gasteiger partial charge in [0.25, 0.3) is 11.8 Å². The molecule has 0 aliphatic rings. The minimum atomic E-state index is -2.74. The van der Waals surface area contributed by atoms with Crippen LogP contribution >= 0.6 is 11.6 Å². The lowest BCUT2D eigenvalue weighted by Crippen LogP contribution is -2.22. The molecule has 1 aromatic carbocycles. The largest absolute Gasteiger partial charge is 0.496 e. The van der Waals surface area contributed by atoms with Gasteiger partial charge in [-0.1, -0.05) is 17.7 Å². The molecule has 120 valence electrons. The van der Waals surface area contributed by atoms with Gasteiger partial charge in [-0.25, -0.2) is 9.37 Å². The van der Waals surface area contributed by atoms with Gasteiger partial charge < -0.3 is 15.4 Å². The number of carbonyl (C=O) groups is 2. The van der Waals surface area contributed by atoms with Crippen molar-refractivity contribution < 1.29 is 22.8 Å². The molecule has 1 heterocycles. The molecule has 0 bridgehead atoms. The van der Waals surface area contributed by atoms with Crippen molar-refractivity contribution in [3.05, 3.63) is 52.6 Å². The minimum Gasteiger partial charge on any atom is -0.496 e. The highest BCUT2D eigenvalue weighted by Gasteiger charge is 2.20. The summed E-state index contributed by atoms with van der Waals surface area (Å²) in [7, 11) is 1.27. The fourth-order valence-electron chi connectivity index (χ4n) is 1.86. The third kappa shape index (κ3) is 3.57. The quantitative estimate of drug-likeness (QED) is 0.838. The van der Waals surface area contributed by atoms with Gasteiger partial charge in [-0.2, -0.15) is 0 Å². The van der Waals surface area contributed by atoms with E-state index in [1.54, 1.807) is 5.32 Å². The van der Waals surface area contributed by atoms with Crippen molar-refractivity contribution >= 4 is 29.1 Å². The van der Waals surface area contributed by atoms with E-state index in [1.807, 2.05) is 0 Å². The van der Waals surface area contributed by atoms with Gasteiger partial charge in [0.2, 0.25) is 0 Å². The number of hydrogen-bond donors (Lipinski definition) is 2. The zero-order chi connectivity index (χ0) is 19.5. The Kier molecular flexibility index (Phi) is 3.94. The van der Waals surface area contributed by atoms with Crippen LogP contribution in [0.3, 0.4) is 0 Å². The second-order valence-electron chi connectivity index (χ2n) is 4.28. The predicted molar refractivity (Wildman–Crippen MR) is 83.5 cm³/mol. The summed E-state index contributed by atoms with van der Waals surface area (Å²) in [5, 5.41) is 4.03. The number of nitrogens with one attached hydrogen (secondary N) is 2. The Morgan fingerprint density at radius 1 is 1.39 bits per heavy atom. The molecule has 0 aliphatic carbocycles. The summed E-state index contributed by atoms with van der Waals surface area (Å²) >= 11 is 5.77. The number of anilines is 1. The average molecular weight is 341 g/mol. The first-order valence-corrected chi connectivity index (χ1v) is 6.62. The van der Waals surface area contributed by atoms with Crippen molar-refractivity contribution in [2.75, 3.05) is 19.4 Å². The molecule has 0 unspecified atom stereocenters. The van der Waals surface area contributed by atoms with Crippen LogP contribution in [0.25, 0.3) is 0 Å². The number of carbonyl (C=O) groups excluding carboxylic acids is 2. The Morgan fingerprint density at radius 3 is 2.87 bits per heavy atom. The van der Waals surface area contributed by atoms with Gasteiger partial charge >= 0.3 is 0 Å². The molecule has 0 radical (unpaired) electrons. The van der Waals surface area contributed by atoms with E-state index in [-0.39, 0.29) is 27.7 Å². The number of hydrogen-bond acceptors (Lipinski definition) is 4. The van der Waals surface area contributed by atoms with E-state index in [0.717, 1.165) is 18.3 Å². The summed E-state index contributed by atoms with van der Waals surface area (Å²) in [6, 6.07) is 4.96. The molecule has 0 spiro atoms. The van der Waals surface area contributed by atoms with Crippen LogP contribution in [0, 0.1) is 5.82 Å². The lowest BCUT2D eigenvalue weighted by molar-refractivity contribution is 0.0963. The number of halogens is 2. The summed E-state index contributed by atoms with van der Waals surface area (Å²) in [6.45, 7) is -2.74. The van der Waals surface area contributed by atoms with Crippen LogP contribution in [0.5, 0.6) is 5.75 Å². The fourth-order valence-corrected chi connectivity index (χ4v) is 2.02. The molecule has 2 N–H and O–H groups in total. The van der Waals surface area contributed by atoms with E-state index in [0.29, 0.717) is 0 Å². The third-order valence-corrected chi connectivity index (χ3v) is 3.11. The number of benzene rings is 1. The SMILES string of the molecule is [2H]C([2H])([2H])NC(=O)c1cnc(Cl)cc1NC(=O)c1c(F)cccc1OC. The Bertz CT molecular complexity index is 862. The minimum absolute atomic E-state index is 0.0175. The fraction of sp³-hybridized carbons (Fsp3) is 0.133. The molecule has 0 aliphatic heterocycles. The Labute approximate surface area is 140 Å². The van der Waals surface area contributed by atoms with E-state index in [1.165, 1.54) is 19.2 Å². The number of methoxy groups -OCH3 is 1. The number of pyridine rings is 1. The van der Waals surface area contributed by atoms with E-state index in [9.17, 15) is 14.0 Å². The van der Waals surface area contributed by atoms with Gasteiger partial charge in [0.15, 0.2) is 0 Å².